The molecule has 4 rings (SSSR count). The quantitative estimate of drug-likeness (QED) is 0.417. The SMILES string of the molecule is CCOc1cc(/C=C2\C(=O)NN(c3ccccc3)C2=O)ccc1OCc1ccccc1Cl. The summed E-state index contributed by atoms with van der Waals surface area (Å²) in [6.07, 6.45) is 1.54. The number of amides is 2. The van der Waals surface area contributed by atoms with Crippen LogP contribution in [0.15, 0.2) is 78.4 Å². The number of hydrogen-bond donors (Lipinski definition) is 1. The lowest BCUT2D eigenvalue weighted by molar-refractivity contribution is -0.117. The van der Waals surface area contributed by atoms with Crippen molar-refractivity contribution < 1.29 is 19.1 Å². The third kappa shape index (κ3) is 4.60. The van der Waals surface area contributed by atoms with Gasteiger partial charge in [-0.1, -0.05) is 54.1 Å². The second-order valence-corrected chi connectivity index (χ2v) is 7.40. The number of nitrogens with zero attached hydrogens (tertiary/aromatic N) is 1. The number of benzene rings is 3. The van der Waals surface area contributed by atoms with Gasteiger partial charge in [-0.15, -0.1) is 0 Å². The molecular formula is C25H21ClN2O4. The van der Waals surface area contributed by atoms with E-state index in [1.54, 1.807) is 54.6 Å². The van der Waals surface area contributed by atoms with Crippen molar-refractivity contribution in [2.45, 2.75) is 13.5 Å². The van der Waals surface area contributed by atoms with E-state index >= 15 is 0 Å². The summed E-state index contributed by atoms with van der Waals surface area (Å²) in [5.74, 6) is 0.177. The molecule has 6 nitrogen and oxygen atoms in total. The molecule has 7 heteroatoms. The summed E-state index contributed by atoms with van der Waals surface area (Å²) < 4.78 is 11.6. The van der Waals surface area contributed by atoms with Gasteiger partial charge in [0.25, 0.3) is 11.8 Å². The van der Waals surface area contributed by atoms with Crippen LogP contribution in [0, 0.1) is 0 Å². The zero-order valence-corrected chi connectivity index (χ0v) is 18.1. The fourth-order valence-corrected chi connectivity index (χ4v) is 3.45. The number of rotatable bonds is 7. The number of hydrogen-bond acceptors (Lipinski definition) is 4. The number of halogens is 1. The smallest absolute Gasteiger partial charge is 0.282 e. The molecule has 0 spiro atoms. The third-order valence-corrected chi connectivity index (χ3v) is 5.19. The average molecular weight is 449 g/mol. The van der Waals surface area contributed by atoms with Crippen molar-refractivity contribution in [3.8, 4) is 11.5 Å². The highest BCUT2D eigenvalue weighted by molar-refractivity contribution is 6.32. The molecule has 3 aromatic rings. The Hall–Kier alpha value is -3.77. The Labute approximate surface area is 191 Å². The summed E-state index contributed by atoms with van der Waals surface area (Å²) in [6, 6.07) is 21.6. The molecular weight excluding hydrogens is 428 g/mol. The van der Waals surface area contributed by atoms with Gasteiger partial charge in [-0.3, -0.25) is 15.0 Å². The first kappa shape index (κ1) is 21.5. The molecule has 0 unspecified atom stereocenters. The van der Waals surface area contributed by atoms with E-state index in [-0.39, 0.29) is 12.2 Å². The molecule has 2 amide bonds. The van der Waals surface area contributed by atoms with Crippen LogP contribution >= 0.6 is 11.6 Å². The van der Waals surface area contributed by atoms with Crippen LogP contribution in [0.4, 0.5) is 5.69 Å². The lowest BCUT2D eigenvalue weighted by Crippen LogP contribution is -2.35. The van der Waals surface area contributed by atoms with Gasteiger partial charge in [0, 0.05) is 10.6 Å². The van der Waals surface area contributed by atoms with Gasteiger partial charge >= 0.3 is 0 Å². The average Bonchev–Trinajstić information content (AvgIpc) is 3.08. The zero-order chi connectivity index (χ0) is 22.5. The summed E-state index contributed by atoms with van der Waals surface area (Å²) in [5.41, 5.74) is 4.73. The maximum Gasteiger partial charge on any atom is 0.282 e. The number of anilines is 1. The van der Waals surface area contributed by atoms with Gasteiger partial charge in [0.15, 0.2) is 11.5 Å². The Morgan fingerprint density at radius 2 is 1.69 bits per heavy atom. The first-order valence-electron chi connectivity index (χ1n) is 10.1. The summed E-state index contributed by atoms with van der Waals surface area (Å²) in [7, 11) is 0. The first-order chi connectivity index (χ1) is 15.6. The largest absolute Gasteiger partial charge is 0.490 e. The molecule has 162 valence electrons. The van der Waals surface area contributed by atoms with Crippen molar-refractivity contribution in [2.75, 3.05) is 11.6 Å². The maximum atomic E-state index is 12.8. The number of nitrogens with one attached hydrogen (secondary N) is 1. The Morgan fingerprint density at radius 3 is 2.44 bits per heavy atom. The van der Waals surface area contributed by atoms with Crippen molar-refractivity contribution in [2.24, 2.45) is 0 Å². The monoisotopic (exact) mass is 448 g/mol. The minimum atomic E-state index is -0.462. The van der Waals surface area contributed by atoms with E-state index in [1.807, 2.05) is 31.2 Å². The van der Waals surface area contributed by atoms with Gasteiger partial charge in [-0.2, -0.15) is 0 Å². The van der Waals surface area contributed by atoms with Gasteiger partial charge in [0.2, 0.25) is 0 Å². The Morgan fingerprint density at radius 1 is 0.938 bits per heavy atom. The van der Waals surface area contributed by atoms with Crippen LogP contribution < -0.4 is 19.9 Å². The van der Waals surface area contributed by atoms with Gasteiger partial charge in [0.1, 0.15) is 12.2 Å². The second-order valence-electron chi connectivity index (χ2n) is 6.99. The van der Waals surface area contributed by atoms with Crippen molar-refractivity contribution in [3.63, 3.8) is 0 Å². The van der Waals surface area contributed by atoms with Crippen molar-refractivity contribution in [1.29, 1.82) is 0 Å². The molecule has 0 aliphatic carbocycles. The highest BCUT2D eigenvalue weighted by atomic mass is 35.5. The standard InChI is InChI=1S/C25H21ClN2O4/c1-2-31-23-15-17(12-13-22(23)32-16-18-8-6-7-11-21(18)26)14-20-24(29)27-28(25(20)30)19-9-4-3-5-10-19/h3-15H,2,16H2,1H3,(H,27,29)/b20-14+. The van der Waals surface area contributed by atoms with E-state index in [0.29, 0.717) is 34.4 Å². The van der Waals surface area contributed by atoms with Crippen LogP contribution in [0.2, 0.25) is 5.02 Å². The molecule has 0 radical (unpaired) electrons. The van der Waals surface area contributed by atoms with E-state index in [0.717, 1.165) is 5.56 Å². The predicted octanol–water partition coefficient (Wildman–Crippen LogP) is 4.78. The topological polar surface area (TPSA) is 67.9 Å². The summed E-state index contributed by atoms with van der Waals surface area (Å²) in [6.45, 7) is 2.59. The minimum Gasteiger partial charge on any atom is -0.490 e. The minimum absolute atomic E-state index is 0.0426. The van der Waals surface area contributed by atoms with Crippen LogP contribution in [-0.2, 0) is 16.2 Å². The van der Waals surface area contributed by atoms with Gasteiger partial charge < -0.3 is 9.47 Å². The molecule has 1 saturated heterocycles. The normalized spacial score (nSPS) is 14.6. The molecule has 1 N–H and O–H groups in total. The molecule has 0 aromatic heterocycles. The van der Waals surface area contributed by atoms with Gasteiger partial charge in [0.05, 0.1) is 12.3 Å². The molecule has 1 heterocycles. The molecule has 32 heavy (non-hydrogen) atoms. The Bertz CT molecular complexity index is 1180. The fraction of sp³-hybridized carbons (Fsp3) is 0.120. The lowest BCUT2D eigenvalue weighted by atomic mass is 10.1. The van der Waals surface area contributed by atoms with E-state index in [9.17, 15) is 9.59 Å². The molecule has 0 saturated carbocycles. The number of hydrazine groups is 1. The van der Waals surface area contributed by atoms with Gasteiger partial charge in [-0.25, -0.2) is 5.01 Å². The third-order valence-electron chi connectivity index (χ3n) is 4.83. The number of para-hydroxylation sites is 1. The van der Waals surface area contributed by atoms with E-state index in [2.05, 4.69) is 5.43 Å². The van der Waals surface area contributed by atoms with E-state index < -0.39 is 11.8 Å². The zero-order valence-electron chi connectivity index (χ0n) is 17.4. The van der Waals surface area contributed by atoms with Crippen molar-refractivity contribution >= 4 is 35.2 Å². The second kappa shape index (κ2) is 9.58. The van der Waals surface area contributed by atoms with Crippen LogP contribution in [0.1, 0.15) is 18.1 Å². The Kier molecular flexibility index (Phi) is 6.42. The highest BCUT2D eigenvalue weighted by Crippen LogP contribution is 2.31. The van der Waals surface area contributed by atoms with Gasteiger partial charge in [-0.05, 0) is 48.9 Å². The molecule has 0 bridgehead atoms. The number of carbonyl (C=O) groups excluding carboxylic acids is 2. The van der Waals surface area contributed by atoms with E-state index in [1.165, 1.54) is 5.01 Å². The molecule has 3 aromatic carbocycles. The van der Waals surface area contributed by atoms with Crippen LogP contribution in [0.25, 0.3) is 6.08 Å². The van der Waals surface area contributed by atoms with Crippen LogP contribution in [0.3, 0.4) is 0 Å². The van der Waals surface area contributed by atoms with E-state index in [4.69, 9.17) is 21.1 Å². The molecule has 1 fully saturated rings. The first-order valence-corrected chi connectivity index (χ1v) is 10.5. The van der Waals surface area contributed by atoms with Crippen LogP contribution in [-0.4, -0.2) is 18.4 Å². The maximum absolute atomic E-state index is 12.8. The fourth-order valence-electron chi connectivity index (χ4n) is 3.26. The van der Waals surface area contributed by atoms with Crippen molar-refractivity contribution in [3.05, 3.63) is 94.5 Å². The molecule has 1 aliphatic rings. The highest BCUT2D eigenvalue weighted by Gasteiger charge is 2.34. The van der Waals surface area contributed by atoms with Crippen LogP contribution in [0.5, 0.6) is 11.5 Å². The lowest BCUT2D eigenvalue weighted by Gasteiger charge is -2.14. The summed E-state index contributed by atoms with van der Waals surface area (Å²) >= 11 is 6.20. The predicted molar refractivity (Wildman–Crippen MR) is 123 cm³/mol. The molecule has 1 aliphatic heterocycles. The number of ether oxygens (including phenoxy) is 2. The summed E-state index contributed by atoms with van der Waals surface area (Å²) in [5, 5.41) is 1.86. The molecule has 0 atom stereocenters. The number of carbonyl (C=O) groups is 2. The Balaban J connectivity index is 1.57. The van der Waals surface area contributed by atoms with Crippen molar-refractivity contribution in [1.82, 2.24) is 5.43 Å². The summed E-state index contributed by atoms with van der Waals surface area (Å²) in [4.78, 5) is 25.2.